The molecule has 13 heavy (non-hydrogen) atoms. The molecule has 0 spiro atoms. The van der Waals surface area contributed by atoms with Crippen LogP contribution in [0, 0.1) is 0 Å². The number of rotatable bonds is 2. The number of halogens is 3. The number of carbonyl (C=O) groups is 1. The summed E-state index contributed by atoms with van der Waals surface area (Å²) < 4.78 is 0. The van der Waals surface area contributed by atoms with E-state index in [9.17, 15) is 4.79 Å². The molecule has 0 aliphatic rings. The Labute approximate surface area is 91.6 Å². The van der Waals surface area contributed by atoms with Crippen molar-refractivity contribution in [3.05, 3.63) is 28.0 Å². The molecule has 0 aliphatic heterocycles. The summed E-state index contributed by atoms with van der Waals surface area (Å²) in [7, 11) is 0. The Morgan fingerprint density at radius 1 is 1.38 bits per heavy atom. The number of pyridine rings is 1. The minimum absolute atomic E-state index is 0. The van der Waals surface area contributed by atoms with Crippen LogP contribution in [0.15, 0.2) is 12.1 Å². The van der Waals surface area contributed by atoms with Crippen LogP contribution >= 0.6 is 35.6 Å². The maximum Gasteiger partial charge on any atom is 0.176 e. The van der Waals surface area contributed by atoms with Crippen molar-refractivity contribution in [2.75, 3.05) is 6.54 Å². The van der Waals surface area contributed by atoms with E-state index in [1.54, 1.807) is 0 Å². The van der Waals surface area contributed by atoms with Crippen molar-refractivity contribution in [2.45, 2.75) is 0 Å². The van der Waals surface area contributed by atoms with Crippen LogP contribution in [0.4, 0.5) is 0 Å². The predicted molar refractivity (Wildman–Crippen MR) is 54.9 cm³/mol. The number of hydrogen-bond donors (Lipinski definition) is 1. The van der Waals surface area contributed by atoms with E-state index in [2.05, 4.69) is 4.98 Å². The number of ketones is 1. The van der Waals surface area contributed by atoms with Crippen molar-refractivity contribution in [2.24, 2.45) is 5.73 Å². The molecule has 0 atom stereocenters. The lowest BCUT2D eigenvalue weighted by Crippen LogP contribution is -2.13. The SMILES string of the molecule is Cl.NCC(=O)c1cc(Cl)nc(Cl)c1. The molecule has 0 fully saturated rings. The summed E-state index contributed by atoms with van der Waals surface area (Å²) in [5, 5.41) is 0.388. The summed E-state index contributed by atoms with van der Waals surface area (Å²) in [5.74, 6) is -0.207. The van der Waals surface area contributed by atoms with Crippen LogP contribution in [-0.2, 0) is 0 Å². The molecule has 0 bridgehead atoms. The van der Waals surface area contributed by atoms with Gasteiger partial charge in [0.25, 0.3) is 0 Å². The molecule has 1 aromatic rings. The summed E-state index contributed by atoms with van der Waals surface area (Å²) >= 11 is 11.1. The quantitative estimate of drug-likeness (QED) is 0.636. The highest BCUT2D eigenvalue weighted by molar-refractivity contribution is 6.33. The lowest BCUT2D eigenvalue weighted by molar-refractivity contribution is 0.100. The zero-order valence-corrected chi connectivity index (χ0v) is 8.79. The number of nitrogens with zero attached hydrogens (tertiary/aromatic N) is 1. The Morgan fingerprint density at radius 3 is 2.23 bits per heavy atom. The van der Waals surface area contributed by atoms with Gasteiger partial charge in [0.1, 0.15) is 10.3 Å². The molecule has 3 nitrogen and oxygen atoms in total. The molecule has 6 heteroatoms. The molecule has 1 aromatic heterocycles. The minimum Gasteiger partial charge on any atom is -0.324 e. The lowest BCUT2D eigenvalue weighted by atomic mass is 10.2. The molecule has 0 aromatic carbocycles. The van der Waals surface area contributed by atoms with Crippen molar-refractivity contribution in [3.8, 4) is 0 Å². The van der Waals surface area contributed by atoms with Gasteiger partial charge in [0.05, 0.1) is 6.54 Å². The third kappa shape index (κ3) is 3.48. The summed E-state index contributed by atoms with van der Waals surface area (Å²) in [4.78, 5) is 14.7. The van der Waals surface area contributed by atoms with E-state index >= 15 is 0 Å². The Morgan fingerprint density at radius 2 is 1.85 bits per heavy atom. The van der Waals surface area contributed by atoms with E-state index in [1.807, 2.05) is 0 Å². The molecule has 72 valence electrons. The first-order chi connectivity index (χ1) is 5.63. The Balaban J connectivity index is 0.00000144. The molecule has 0 unspecified atom stereocenters. The van der Waals surface area contributed by atoms with Gasteiger partial charge in [0.15, 0.2) is 5.78 Å². The number of nitrogens with two attached hydrogens (primary N) is 1. The van der Waals surface area contributed by atoms with E-state index in [0.717, 1.165) is 0 Å². The molecule has 1 rings (SSSR count). The second-order valence-corrected chi connectivity index (χ2v) is 2.90. The molecular formula is C7H7Cl3N2O. The van der Waals surface area contributed by atoms with E-state index in [0.29, 0.717) is 5.56 Å². The van der Waals surface area contributed by atoms with Crippen molar-refractivity contribution >= 4 is 41.4 Å². The Bertz CT molecular complexity index is 296. The van der Waals surface area contributed by atoms with Gasteiger partial charge in [-0.25, -0.2) is 4.98 Å². The highest BCUT2D eigenvalue weighted by Crippen LogP contribution is 2.14. The van der Waals surface area contributed by atoms with Gasteiger partial charge in [-0.2, -0.15) is 0 Å². The van der Waals surface area contributed by atoms with Crippen molar-refractivity contribution in [3.63, 3.8) is 0 Å². The first kappa shape index (κ1) is 12.7. The number of Topliss-reactive ketones (excluding diaryl/α,β-unsaturated/α-hetero) is 1. The average Bonchev–Trinajstić information content (AvgIpc) is 2.01. The standard InChI is InChI=1S/C7H6Cl2N2O.ClH/c8-6-1-4(5(12)3-10)2-7(9)11-6;/h1-2H,3,10H2;1H. The van der Waals surface area contributed by atoms with Gasteiger partial charge in [-0.15, -0.1) is 12.4 Å². The van der Waals surface area contributed by atoms with Crippen molar-refractivity contribution in [1.29, 1.82) is 0 Å². The van der Waals surface area contributed by atoms with Gasteiger partial charge >= 0.3 is 0 Å². The lowest BCUT2D eigenvalue weighted by Gasteiger charge is -1.98. The molecular weight excluding hydrogens is 234 g/mol. The molecule has 2 N–H and O–H groups in total. The van der Waals surface area contributed by atoms with Crippen LogP contribution in [0.1, 0.15) is 10.4 Å². The van der Waals surface area contributed by atoms with Crippen LogP contribution in [-0.4, -0.2) is 17.3 Å². The van der Waals surface area contributed by atoms with Gasteiger partial charge in [0.2, 0.25) is 0 Å². The molecule has 0 radical (unpaired) electrons. The fourth-order valence-electron chi connectivity index (χ4n) is 0.744. The van der Waals surface area contributed by atoms with Gasteiger partial charge in [-0.3, -0.25) is 4.79 Å². The molecule has 0 amide bonds. The van der Waals surface area contributed by atoms with Crippen LogP contribution in [0.3, 0.4) is 0 Å². The maximum absolute atomic E-state index is 11.0. The molecule has 0 saturated carbocycles. The molecule has 0 saturated heterocycles. The molecule has 0 aliphatic carbocycles. The van der Waals surface area contributed by atoms with Gasteiger partial charge in [-0.1, -0.05) is 23.2 Å². The maximum atomic E-state index is 11.0. The topological polar surface area (TPSA) is 56.0 Å². The summed E-state index contributed by atoms with van der Waals surface area (Å²) in [6.07, 6.45) is 0. The number of aromatic nitrogens is 1. The second-order valence-electron chi connectivity index (χ2n) is 2.13. The van der Waals surface area contributed by atoms with Gasteiger partial charge < -0.3 is 5.73 Å². The minimum atomic E-state index is -0.207. The first-order valence-electron chi connectivity index (χ1n) is 3.20. The third-order valence-electron chi connectivity index (χ3n) is 1.27. The Hall–Kier alpha value is -0.350. The summed E-state index contributed by atoms with van der Waals surface area (Å²) in [6.45, 7) is -0.0589. The largest absolute Gasteiger partial charge is 0.324 e. The van der Waals surface area contributed by atoms with Crippen LogP contribution < -0.4 is 5.73 Å². The Kier molecular flexibility index (Phi) is 5.25. The van der Waals surface area contributed by atoms with Crippen LogP contribution in [0.2, 0.25) is 10.3 Å². The fraction of sp³-hybridized carbons (Fsp3) is 0.143. The predicted octanol–water partition coefficient (Wildman–Crippen LogP) is 1.95. The molecule has 1 heterocycles. The van der Waals surface area contributed by atoms with E-state index < -0.39 is 0 Å². The van der Waals surface area contributed by atoms with E-state index in [-0.39, 0.29) is 35.0 Å². The highest BCUT2D eigenvalue weighted by atomic mass is 35.5. The first-order valence-corrected chi connectivity index (χ1v) is 3.95. The normalized spacial score (nSPS) is 9.15. The van der Waals surface area contributed by atoms with Gasteiger partial charge in [0, 0.05) is 5.56 Å². The monoisotopic (exact) mass is 240 g/mol. The van der Waals surface area contributed by atoms with Crippen molar-refractivity contribution < 1.29 is 4.79 Å². The zero-order valence-electron chi connectivity index (χ0n) is 6.46. The summed E-state index contributed by atoms with van der Waals surface area (Å²) in [5.41, 5.74) is 5.54. The second kappa shape index (κ2) is 5.40. The zero-order chi connectivity index (χ0) is 9.14. The van der Waals surface area contributed by atoms with Gasteiger partial charge in [-0.05, 0) is 12.1 Å². The number of hydrogen-bond acceptors (Lipinski definition) is 3. The number of carbonyl (C=O) groups excluding carboxylic acids is 1. The highest BCUT2D eigenvalue weighted by Gasteiger charge is 2.05. The fourth-order valence-corrected chi connectivity index (χ4v) is 1.20. The summed E-state index contributed by atoms with van der Waals surface area (Å²) in [6, 6.07) is 2.87. The van der Waals surface area contributed by atoms with Crippen molar-refractivity contribution in [1.82, 2.24) is 4.98 Å². The van der Waals surface area contributed by atoms with E-state index in [4.69, 9.17) is 28.9 Å². The van der Waals surface area contributed by atoms with Crippen LogP contribution in [0.5, 0.6) is 0 Å². The third-order valence-corrected chi connectivity index (χ3v) is 1.66. The average molecular weight is 242 g/mol. The smallest absolute Gasteiger partial charge is 0.176 e. The van der Waals surface area contributed by atoms with E-state index in [1.165, 1.54) is 12.1 Å². The van der Waals surface area contributed by atoms with Crippen LogP contribution in [0.25, 0.3) is 0 Å².